The fraction of sp³-hybridized carbons (Fsp3) is 0.381. The van der Waals surface area contributed by atoms with Crippen LogP contribution in [0.4, 0.5) is 5.69 Å². The number of fused-ring (bicyclic) bond motifs is 4. The van der Waals surface area contributed by atoms with Crippen molar-refractivity contribution >= 4 is 12.1 Å². The number of amides is 1. The number of benzene rings is 2. The lowest BCUT2D eigenvalue weighted by molar-refractivity contribution is -0.105. The molecule has 1 atom stereocenters. The van der Waals surface area contributed by atoms with Crippen LogP contribution in [-0.4, -0.2) is 39.2 Å². The highest BCUT2D eigenvalue weighted by molar-refractivity contribution is 5.79. The largest absolute Gasteiger partial charge is 0.495 e. The summed E-state index contributed by atoms with van der Waals surface area (Å²) in [5, 5.41) is 2.88. The summed E-state index contributed by atoms with van der Waals surface area (Å²) in [5.41, 5.74) is 5.65. The van der Waals surface area contributed by atoms with Crippen molar-refractivity contribution in [2.75, 3.05) is 33.2 Å². The van der Waals surface area contributed by atoms with Crippen LogP contribution in [0, 0.1) is 0 Å². The van der Waals surface area contributed by atoms with E-state index in [0.29, 0.717) is 5.75 Å². The fourth-order valence-corrected chi connectivity index (χ4v) is 4.45. The maximum Gasteiger partial charge on any atom is 0.211 e. The third kappa shape index (κ3) is 2.80. The Morgan fingerprint density at radius 2 is 1.78 bits per heavy atom. The molecule has 0 aromatic heterocycles. The Balaban J connectivity index is 1.82. The van der Waals surface area contributed by atoms with Gasteiger partial charge in [-0.2, -0.15) is 0 Å². The van der Waals surface area contributed by atoms with E-state index in [1.807, 2.05) is 12.1 Å². The summed E-state index contributed by atoms with van der Waals surface area (Å²) in [6.07, 6.45) is 2.51. The third-order valence-electron chi connectivity index (χ3n) is 5.68. The topological polar surface area (TPSA) is 60.0 Å². The molecule has 1 N–H and O–H groups in total. The molecule has 2 aromatic carbocycles. The van der Waals surface area contributed by atoms with Crippen LogP contribution in [0.25, 0.3) is 0 Å². The van der Waals surface area contributed by atoms with Gasteiger partial charge in [0.15, 0.2) is 11.5 Å². The molecule has 1 unspecified atom stereocenters. The quantitative estimate of drug-likeness (QED) is 0.823. The average Bonchev–Trinajstić information content (AvgIpc) is 2.71. The van der Waals surface area contributed by atoms with Gasteiger partial charge >= 0.3 is 0 Å². The molecule has 27 heavy (non-hydrogen) atoms. The molecule has 4 rings (SSSR count). The molecule has 142 valence electrons. The highest BCUT2D eigenvalue weighted by atomic mass is 16.5. The van der Waals surface area contributed by atoms with Crippen LogP contribution in [0.3, 0.4) is 0 Å². The van der Waals surface area contributed by atoms with E-state index in [-0.39, 0.29) is 6.04 Å². The molecular formula is C21H24N2O4. The SMILES string of the molecule is COc1ccc2c(c1NC=O)C1Cc3ccc(OC)c(OC)c3CN1CC2. The van der Waals surface area contributed by atoms with Crippen molar-refractivity contribution in [1.82, 2.24) is 4.90 Å². The van der Waals surface area contributed by atoms with E-state index in [1.165, 1.54) is 16.7 Å². The van der Waals surface area contributed by atoms with Crippen LogP contribution in [0.5, 0.6) is 17.2 Å². The molecule has 2 heterocycles. The standard InChI is InChI=1S/C21H24N2O4/c1-25-17-6-4-13-8-9-23-11-15-14(5-7-18(26-2)21(15)27-3)10-16(23)19(13)20(17)22-12-24/h4-7,12,16H,8-11H2,1-3H3,(H,22,24). The summed E-state index contributed by atoms with van der Waals surface area (Å²) in [7, 11) is 4.98. The van der Waals surface area contributed by atoms with Gasteiger partial charge in [0.25, 0.3) is 0 Å². The lowest BCUT2D eigenvalue weighted by Gasteiger charge is -2.42. The van der Waals surface area contributed by atoms with Crippen molar-refractivity contribution < 1.29 is 19.0 Å². The molecule has 2 aliphatic rings. The van der Waals surface area contributed by atoms with E-state index < -0.39 is 0 Å². The lowest BCUT2D eigenvalue weighted by Crippen LogP contribution is -2.40. The lowest BCUT2D eigenvalue weighted by atomic mass is 9.82. The van der Waals surface area contributed by atoms with Crippen LogP contribution < -0.4 is 19.5 Å². The monoisotopic (exact) mass is 368 g/mol. The number of rotatable bonds is 5. The number of hydrogen-bond donors (Lipinski definition) is 1. The zero-order chi connectivity index (χ0) is 19.0. The predicted molar refractivity (Wildman–Crippen MR) is 103 cm³/mol. The van der Waals surface area contributed by atoms with Crippen LogP contribution in [0.15, 0.2) is 24.3 Å². The first-order chi connectivity index (χ1) is 13.2. The van der Waals surface area contributed by atoms with Gasteiger partial charge in [0.05, 0.1) is 27.0 Å². The first-order valence-corrected chi connectivity index (χ1v) is 9.08. The molecular weight excluding hydrogens is 344 g/mol. The van der Waals surface area contributed by atoms with Gasteiger partial charge in [-0.05, 0) is 36.1 Å². The first-order valence-electron chi connectivity index (χ1n) is 9.08. The Hall–Kier alpha value is -2.73. The van der Waals surface area contributed by atoms with Gasteiger partial charge in [0, 0.05) is 30.3 Å². The number of methoxy groups -OCH3 is 3. The van der Waals surface area contributed by atoms with Crippen molar-refractivity contribution in [3.63, 3.8) is 0 Å². The van der Waals surface area contributed by atoms with E-state index in [1.54, 1.807) is 21.3 Å². The molecule has 2 aliphatic heterocycles. The van der Waals surface area contributed by atoms with Gasteiger partial charge in [-0.3, -0.25) is 9.69 Å². The van der Waals surface area contributed by atoms with E-state index in [4.69, 9.17) is 14.2 Å². The molecule has 0 aliphatic carbocycles. The summed E-state index contributed by atoms with van der Waals surface area (Å²) < 4.78 is 16.6. The molecule has 6 nitrogen and oxygen atoms in total. The van der Waals surface area contributed by atoms with Crippen molar-refractivity contribution in [1.29, 1.82) is 0 Å². The molecule has 0 saturated carbocycles. The molecule has 0 bridgehead atoms. The predicted octanol–water partition coefficient (Wildman–Crippen LogP) is 2.94. The second-order valence-corrected chi connectivity index (χ2v) is 6.86. The maximum absolute atomic E-state index is 11.2. The highest BCUT2D eigenvalue weighted by Crippen LogP contribution is 2.47. The number of carbonyl (C=O) groups excluding carboxylic acids is 1. The molecule has 0 radical (unpaired) electrons. The van der Waals surface area contributed by atoms with Crippen LogP contribution >= 0.6 is 0 Å². The van der Waals surface area contributed by atoms with E-state index in [9.17, 15) is 4.79 Å². The van der Waals surface area contributed by atoms with Crippen LogP contribution in [-0.2, 0) is 24.2 Å². The minimum atomic E-state index is 0.192. The summed E-state index contributed by atoms with van der Waals surface area (Å²) in [6.45, 7) is 1.75. The van der Waals surface area contributed by atoms with Crippen molar-refractivity contribution in [3.8, 4) is 17.2 Å². The Labute approximate surface area is 159 Å². The molecule has 6 heteroatoms. The van der Waals surface area contributed by atoms with Crippen molar-refractivity contribution in [3.05, 3.63) is 46.5 Å². The minimum Gasteiger partial charge on any atom is -0.495 e. The Bertz CT molecular complexity index is 881. The van der Waals surface area contributed by atoms with Crippen molar-refractivity contribution in [2.45, 2.75) is 25.4 Å². The number of nitrogens with one attached hydrogen (secondary N) is 1. The zero-order valence-electron chi connectivity index (χ0n) is 15.9. The first kappa shape index (κ1) is 17.7. The van der Waals surface area contributed by atoms with Crippen molar-refractivity contribution in [2.24, 2.45) is 0 Å². The molecule has 0 fully saturated rings. The van der Waals surface area contributed by atoms with Gasteiger partial charge in [-0.25, -0.2) is 0 Å². The van der Waals surface area contributed by atoms with Crippen LogP contribution in [0.1, 0.15) is 28.3 Å². The summed E-state index contributed by atoms with van der Waals surface area (Å²) >= 11 is 0. The van der Waals surface area contributed by atoms with Gasteiger partial charge < -0.3 is 19.5 Å². The summed E-state index contributed by atoms with van der Waals surface area (Å²) in [6, 6.07) is 8.33. The molecule has 0 saturated heterocycles. The Morgan fingerprint density at radius 3 is 2.48 bits per heavy atom. The zero-order valence-corrected chi connectivity index (χ0v) is 15.9. The van der Waals surface area contributed by atoms with Crippen LogP contribution in [0.2, 0.25) is 0 Å². The summed E-state index contributed by atoms with van der Waals surface area (Å²) in [5.74, 6) is 2.27. The number of nitrogens with zero attached hydrogens (tertiary/aromatic N) is 1. The van der Waals surface area contributed by atoms with E-state index in [0.717, 1.165) is 55.1 Å². The average molecular weight is 368 g/mol. The smallest absolute Gasteiger partial charge is 0.211 e. The number of anilines is 1. The molecule has 1 amide bonds. The fourth-order valence-electron chi connectivity index (χ4n) is 4.45. The number of ether oxygens (including phenoxy) is 3. The van der Waals surface area contributed by atoms with Gasteiger partial charge in [0.2, 0.25) is 6.41 Å². The van der Waals surface area contributed by atoms with E-state index >= 15 is 0 Å². The van der Waals surface area contributed by atoms with Gasteiger partial charge in [-0.15, -0.1) is 0 Å². The maximum atomic E-state index is 11.2. The van der Waals surface area contributed by atoms with E-state index in [2.05, 4.69) is 22.3 Å². The Kier molecular flexibility index (Phi) is 4.66. The second kappa shape index (κ2) is 7.12. The van der Waals surface area contributed by atoms with Gasteiger partial charge in [-0.1, -0.05) is 12.1 Å². The Morgan fingerprint density at radius 1 is 1.04 bits per heavy atom. The second-order valence-electron chi connectivity index (χ2n) is 6.86. The molecule has 2 aromatic rings. The summed E-state index contributed by atoms with van der Waals surface area (Å²) in [4.78, 5) is 13.7. The number of carbonyl (C=O) groups is 1. The third-order valence-corrected chi connectivity index (χ3v) is 5.68. The van der Waals surface area contributed by atoms with Gasteiger partial charge in [0.1, 0.15) is 5.75 Å². The normalized spacial score (nSPS) is 18.0. The number of hydrogen-bond acceptors (Lipinski definition) is 5. The molecule has 0 spiro atoms. The highest BCUT2D eigenvalue weighted by Gasteiger charge is 2.36. The minimum absolute atomic E-state index is 0.192.